The maximum Gasteiger partial charge on any atom is 0.0541 e. The van der Waals surface area contributed by atoms with Gasteiger partial charge >= 0.3 is 0 Å². The molecule has 0 bridgehead atoms. The monoisotopic (exact) mass is 251 g/mol. The molecule has 1 saturated heterocycles. The van der Waals surface area contributed by atoms with Crippen LogP contribution in [0.4, 0.5) is 0 Å². The van der Waals surface area contributed by atoms with Crippen LogP contribution in [0.2, 0.25) is 0 Å². The molecule has 0 aromatic carbocycles. The molecule has 1 aromatic rings. The Bertz CT molecular complexity index is 318. The molecular weight excluding hydrogens is 230 g/mol. The molecule has 17 heavy (non-hydrogen) atoms. The van der Waals surface area contributed by atoms with E-state index in [0.717, 1.165) is 31.4 Å². The molecule has 0 saturated carbocycles. The summed E-state index contributed by atoms with van der Waals surface area (Å²) in [5, 5.41) is 3.46. The Morgan fingerprint density at radius 1 is 1.53 bits per heavy atom. The Hall–Kier alpha value is -0.580. The first-order valence-electron chi connectivity index (χ1n) is 6.28. The highest BCUT2D eigenvalue weighted by atomic mass is 32.2. The molecule has 1 atom stereocenters. The van der Waals surface area contributed by atoms with Crippen molar-refractivity contribution in [2.24, 2.45) is 0 Å². The third-order valence-electron chi connectivity index (χ3n) is 3.11. The van der Waals surface area contributed by atoms with Crippen LogP contribution in [0.25, 0.3) is 0 Å². The molecular formula is C13H21N3S. The van der Waals surface area contributed by atoms with Crippen molar-refractivity contribution >= 4 is 11.8 Å². The lowest BCUT2D eigenvalue weighted by Gasteiger charge is -2.32. The molecule has 0 aliphatic carbocycles. The number of hydrogen-bond donors (Lipinski definition) is 1. The van der Waals surface area contributed by atoms with Gasteiger partial charge in [0, 0.05) is 49.9 Å². The highest BCUT2D eigenvalue weighted by Crippen LogP contribution is 2.14. The van der Waals surface area contributed by atoms with Crippen LogP contribution in [-0.2, 0) is 6.54 Å². The fraction of sp³-hybridized carbons (Fsp3) is 0.615. The molecule has 0 radical (unpaired) electrons. The van der Waals surface area contributed by atoms with Crippen LogP contribution in [0.5, 0.6) is 0 Å². The number of pyridine rings is 1. The van der Waals surface area contributed by atoms with Gasteiger partial charge in [0.1, 0.15) is 0 Å². The Morgan fingerprint density at radius 3 is 3.24 bits per heavy atom. The van der Waals surface area contributed by atoms with Gasteiger partial charge in [-0.1, -0.05) is 6.07 Å². The minimum Gasteiger partial charge on any atom is -0.310 e. The van der Waals surface area contributed by atoms with Gasteiger partial charge in [0.15, 0.2) is 0 Å². The number of nitrogens with zero attached hydrogens (tertiary/aromatic N) is 2. The van der Waals surface area contributed by atoms with E-state index in [1.54, 1.807) is 0 Å². The van der Waals surface area contributed by atoms with E-state index in [0.29, 0.717) is 0 Å². The first-order valence-corrected chi connectivity index (χ1v) is 7.44. The summed E-state index contributed by atoms with van der Waals surface area (Å²) in [5.74, 6) is 2.56. The molecule has 1 aliphatic heterocycles. The normalized spacial score (nSPS) is 21.6. The van der Waals surface area contributed by atoms with Crippen molar-refractivity contribution in [1.29, 1.82) is 0 Å². The molecule has 0 amide bonds. The zero-order valence-corrected chi connectivity index (χ0v) is 11.2. The van der Waals surface area contributed by atoms with Crippen LogP contribution in [-0.4, -0.2) is 47.1 Å². The molecule has 3 nitrogen and oxygen atoms in total. The molecule has 0 spiro atoms. The zero-order valence-electron chi connectivity index (χ0n) is 10.4. The van der Waals surface area contributed by atoms with Crippen LogP contribution in [0.15, 0.2) is 24.4 Å². The zero-order chi connectivity index (χ0) is 11.9. The fourth-order valence-electron chi connectivity index (χ4n) is 2.04. The highest BCUT2D eigenvalue weighted by molar-refractivity contribution is 7.99. The van der Waals surface area contributed by atoms with Crippen molar-refractivity contribution in [3.05, 3.63) is 30.1 Å². The van der Waals surface area contributed by atoms with Gasteiger partial charge in [-0.05, 0) is 19.1 Å². The summed E-state index contributed by atoms with van der Waals surface area (Å²) in [6.45, 7) is 6.62. The van der Waals surface area contributed by atoms with E-state index in [9.17, 15) is 0 Å². The van der Waals surface area contributed by atoms with Crippen molar-refractivity contribution in [3.8, 4) is 0 Å². The van der Waals surface area contributed by atoms with Gasteiger partial charge in [0.2, 0.25) is 0 Å². The van der Waals surface area contributed by atoms with Gasteiger partial charge in [0.25, 0.3) is 0 Å². The van der Waals surface area contributed by atoms with Gasteiger partial charge in [-0.25, -0.2) is 0 Å². The number of nitrogens with one attached hydrogen (secondary N) is 1. The lowest BCUT2D eigenvalue weighted by atomic mass is 10.3. The van der Waals surface area contributed by atoms with Gasteiger partial charge in [0.05, 0.1) is 5.69 Å². The lowest BCUT2D eigenvalue weighted by Crippen LogP contribution is -2.43. The molecule has 1 unspecified atom stereocenters. The average Bonchev–Trinajstić information content (AvgIpc) is 2.38. The van der Waals surface area contributed by atoms with Gasteiger partial charge < -0.3 is 5.32 Å². The quantitative estimate of drug-likeness (QED) is 0.805. The van der Waals surface area contributed by atoms with Gasteiger partial charge in [-0.15, -0.1) is 0 Å². The third-order valence-corrected chi connectivity index (χ3v) is 4.30. The van der Waals surface area contributed by atoms with E-state index in [1.807, 2.05) is 18.3 Å². The average molecular weight is 251 g/mol. The van der Waals surface area contributed by atoms with E-state index in [2.05, 4.69) is 40.0 Å². The number of thioether (sulfide) groups is 1. The summed E-state index contributed by atoms with van der Waals surface area (Å²) in [4.78, 5) is 6.87. The second kappa shape index (κ2) is 6.99. The molecule has 1 fully saturated rings. The predicted octanol–water partition coefficient (Wildman–Crippen LogP) is 1.61. The Morgan fingerprint density at radius 2 is 2.47 bits per heavy atom. The first kappa shape index (κ1) is 12.9. The molecule has 1 aromatic heterocycles. The van der Waals surface area contributed by atoms with Crippen molar-refractivity contribution in [2.75, 3.05) is 31.1 Å². The van der Waals surface area contributed by atoms with Crippen molar-refractivity contribution in [3.63, 3.8) is 0 Å². The second-order valence-electron chi connectivity index (χ2n) is 4.46. The topological polar surface area (TPSA) is 28.2 Å². The largest absolute Gasteiger partial charge is 0.310 e. The minimum atomic E-state index is 0.727. The molecule has 2 heterocycles. The van der Waals surface area contributed by atoms with Crippen LogP contribution >= 0.6 is 11.8 Å². The number of aromatic nitrogens is 1. The smallest absolute Gasteiger partial charge is 0.0541 e. The van der Waals surface area contributed by atoms with E-state index in [-0.39, 0.29) is 0 Å². The van der Waals surface area contributed by atoms with Crippen LogP contribution in [0.3, 0.4) is 0 Å². The summed E-state index contributed by atoms with van der Waals surface area (Å²) >= 11 is 2.07. The van der Waals surface area contributed by atoms with Crippen LogP contribution in [0, 0.1) is 0 Å². The molecule has 2 rings (SSSR count). The van der Waals surface area contributed by atoms with Crippen LogP contribution in [0.1, 0.15) is 12.6 Å². The van der Waals surface area contributed by atoms with E-state index < -0.39 is 0 Å². The maximum absolute atomic E-state index is 4.30. The van der Waals surface area contributed by atoms with E-state index in [1.165, 1.54) is 18.1 Å². The van der Waals surface area contributed by atoms with E-state index in [4.69, 9.17) is 0 Å². The first-order chi connectivity index (χ1) is 8.36. The molecule has 1 aliphatic rings. The second-order valence-corrected chi connectivity index (χ2v) is 5.61. The summed E-state index contributed by atoms with van der Waals surface area (Å²) in [7, 11) is 0. The molecule has 1 N–H and O–H groups in total. The summed E-state index contributed by atoms with van der Waals surface area (Å²) in [5.41, 5.74) is 1.12. The minimum absolute atomic E-state index is 0.727. The number of hydrogen-bond acceptors (Lipinski definition) is 4. The predicted molar refractivity (Wildman–Crippen MR) is 74.3 cm³/mol. The van der Waals surface area contributed by atoms with Gasteiger partial charge in [-0.3, -0.25) is 9.88 Å². The van der Waals surface area contributed by atoms with Crippen molar-refractivity contribution in [2.45, 2.75) is 19.5 Å². The Balaban J connectivity index is 1.63. The SMILES string of the molecule is CC1CSCCN1CCNCc1ccccn1. The lowest BCUT2D eigenvalue weighted by molar-refractivity contribution is 0.232. The summed E-state index contributed by atoms with van der Waals surface area (Å²) in [6.07, 6.45) is 1.85. The number of rotatable bonds is 5. The summed E-state index contributed by atoms with van der Waals surface area (Å²) in [6, 6.07) is 6.78. The summed E-state index contributed by atoms with van der Waals surface area (Å²) < 4.78 is 0. The van der Waals surface area contributed by atoms with Crippen molar-refractivity contribution in [1.82, 2.24) is 15.2 Å². The van der Waals surface area contributed by atoms with Crippen molar-refractivity contribution < 1.29 is 0 Å². The van der Waals surface area contributed by atoms with Crippen LogP contribution < -0.4 is 5.32 Å². The highest BCUT2D eigenvalue weighted by Gasteiger charge is 2.17. The Kier molecular flexibility index (Phi) is 5.29. The third kappa shape index (κ3) is 4.30. The van der Waals surface area contributed by atoms with E-state index >= 15 is 0 Å². The van der Waals surface area contributed by atoms with Gasteiger partial charge in [-0.2, -0.15) is 11.8 Å². The molecule has 94 valence electrons. The standard InChI is InChI=1S/C13H21N3S/c1-12-11-17-9-8-16(12)7-6-14-10-13-4-2-3-5-15-13/h2-5,12,14H,6-11H2,1H3. The molecule has 4 heteroatoms. The maximum atomic E-state index is 4.30. The fourth-order valence-corrected chi connectivity index (χ4v) is 3.12. The Labute approximate surface area is 108 Å².